The first-order chi connectivity index (χ1) is 15.6. The normalized spacial score (nSPS) is 19.5. The van der Waals surface area contributed by atoms with Crippen molar-refractivity contribution in [1.29, 1.82) is 0 Å². The molecule has 9 nitrogen and oxygen atoms in total. The molecule has 3 aromatic rings. The van der Waals surface area contributed by atoms with Gasteiger partial charge in [-0.25, -0.2) is 17.8 Å². The second-order valence-electron chi connectivity index (χ2n) is 7.60. The van der Waals surface area contributed by atoms with Gasteiger partial charge in [0, 0.05) is 47.8 Å². The molecule has 174 valence electrons. The van der Waals surface area contributed by atoms with Crippen LogP contribution >= 0.6 is 0 Å². The van der Waals surface area contributed by atoms with Crippen molar-refractivity contribution >= 4 is 37.6 Å². The largest absolute Gasteiger partial charge is 0.504 e. The van der Waals surface area contributed by atoms with Gasteiger partial charge >= 0.3 is 0 Å². The molecule has 1 fully saturated rings. The van der Waals surface area contributed by atoms with Crippen molar-refractivity contribution < 1.29 is 26.9 Å². The minimum atomic E-state index is -3.52. The highest BCUT2D eigenvalue weighted by molar-refractivity contribution is 7.89. The number of carbonyl (C=O) groups is 1. The number of amides is 1. The zero-order valence-corrected chi connectivity index (χ0v) is 19.2. The zero-order chi connectivity index (χ0) is 23.8. The molecule has 0 saturated carbocycles. The Kier molecular flexibility index (Phi) is 6.41. The van der Waals surface area contributed by atoms with Crippen LogP contribution in [0.1, 0.15) is 27.0 Å². The second kappa shape index (κ2) is 9.12. The molecule has 12 heteroatoms. The molecule has 2 unspecified atom stereocenters. The fraction of sp³-hybridized carbons (Fsp3) is 0.286. The summed E-state index contributed by atoms with van der Waals surface area (Å²) in [5, 5.41) is 12.9. The molecule has 0 spiro atoms. The summed E-state index contributed by atoms with van der Waals surface area (Å²) in [6, 6.07) is 8.80. The molecule has 1 aromatic carbocycles. The number of aromatic nitrogens is 2. The van der Waals surface area contributed by atoms with E-state index in [0.717, 1.165) is 6.26 Å². The number of sulfonamides is 1. The first kappa shape index (κ1) is 23.2. The lowest BCUT2D eigenvalue weighted by Crippen LogP contribution is -2.43. The van der Waals surface area contributed by atoms with Crippen LogP contribution in [0.15, 0.2) is 42.6 Å². The Balaban J connectivity index is 1.72. The highest BCUT2D eigenvalue weighted by Crippen LogP contribution is 2.34. The maximum atomic E-state index is 13.1. The summed E-state index contributed by atoms with van der Waals surface area (Å²) in [5.74, 6) is -1.42. The molecule has 2 N–H and O–H groups in total. The van der Waals surface area contributed by atoms with Crippen molar-refractivity contribution in [1.82, 2.24) is 19.6 Å². The molecule has 1 saturated heterocycles. The number of rotatable bonds is 5. The number of benzene rings is 1. The van der Waals surface area contributed by atoms with Crippen molar-refractivity contribution in [2.75, 3.05) is 25.1 Å². The number of aromatic hydroxyl groups is 1. The van der Waals surface area contributed by atoms with Crippen LogP contribution in [0.2, 0.25) is 0 Å². The fourth-order valence-electron chi connectivity index (χ4n) is 3.62. The fourth-order valence-corrected chi connectivity index (χ4v) is 6.14. The number of nitrogens with zero attached hydrogens (tertiary/aromatic N) is 3. The maximum absolute atomic E-state index is 13.1. The molecule has 0 radical (unpaired) electrons. The molecule has 33 heavy (non-hydrogen) atoms. The van der Waals surface area contributed by atoms with Crippen LogP contribution in [0.3, 0.4) is 0 Å². The van der Waals surface area contributed by atoms with E-state index in [-0.39, 0.29) is 42.3 Å². The van der Waals surface area contributed by atoms with E-state index in [9.17, 15) is 26.9 Å². The minimum Gasteiger partial charge on any atom is -0.504 e. The van der Waals surface area contributed by atoms with Gasteiger partial charge in [-0.3, -0.25) is 14.0 Å². The van der Waals surface area contributed by atoms with Crippen LogP contribution < -0.4 is 5.32 Å². The third-order valence-electron chi connectivity index (χ3n) is 5.35. The minimum absolute atomic E-state index is 0.0625. The van der Waals surface area contributed by atoms with Gasteiger partial charge in [-0.15, -0.1) is 0 Å². The van der Waals surface area contributed by atoms with Crippen LogP contribution in [0, 0.1) is 5.82 Å². The molecule has 1 amide bonds. The van der Waals surface area contributed by atoms with E-state index < -0.39 is 43.5 Å². The third-order valence-corrected chi connectivity index (χ3v) is 8.21. The Morgan fingerprint density at radius 3 is 2.73 bits per heavy atom. The number of halogens is 1. The van der Waals surface area contributed by atoms with E-state index in [2.05, 4.69) is 15.3 Å². The Morgan fingerprint density at radius 1 is 1.30 bits per heavy atom. The Morgan fingerprint density at radius 2 is 2.03 bits per heavy atom. The highest BCUT2D eigenvalue weighted by atomic mass is 32.2. The van der Waals surface area contributed by atoms with E-state index in [1.54, 1.807) is 12.1 Å². The zero-order valence-electron chi connectivity index (χ0n) is 17.6. The van der Waals surface area contributed by atoms with Gasteiger partial charge in [-0.1, -0.05) is 12.1 Å². The summed E-state index contributed by atoms with van der Waals surface area (Å²) in [6.07, 6.45) is 2.52. The predicted octanol–water partition coefficient (Wildman–Crippen LogP) is 1.47. The van der Waals surface area contributed by atoms with Crippen molar-refractivity contribution in [3.8, 4) is 5.75 Å². The van der Waals surface area contributed by atoms with Crippen molar-refractivity contribution in [2.24, 2.45) is 0 Å². The third kappa shape index (κ3) is 4.87. The topological polar surface area (TPSA) is 130 Å². The summed E-state index contributed by atoms with van der Waals surface area (Å²) >= 11 is 0. The van der Waals surface area contributed by atoms with Crippen molar-refractivity contribution in [2.45, 2.75) is 11.8 Å². The van der Waals surface area contributed by atoms with E-state index in [1.165, 1.54) is 34.8 Å². The molecule has 2 atom stereocenters. The van der Waals surface area contributed by atoms with Gasteiger partial charge in [0.15, 0.2) is 11.4 Å². The van der Waals surface area contributed by atoms with Gasteiger partial charge in [-0.2, -0.15) is 4.31 Å². The van der Waals surface area contributed by atoms with Crippen molar-refractivity contribution in [3.63, 3.8) is 0 Å². The monoisotopic (exact) mass is 492 g/mol. The van der Waals surface area contributed by atoms with Crippen LogP contribution in [0.25, 0.3) is 10.9 Å². The quantitative estimate of drug-likeness (QED) is 0.552. The number of hydrogen-bond acceptors (Lipinski definition) is 7. The molecule has 1 aliphatic rings. The molecule has 0 bridgehead atoms. The summed E-state index contributed by atoms with van der Waals surface area (Å²) in [7, 11) is -4.97. The number of carbonyl (C=O) groups excluding carboxylic acids is 1. The second-order valence-corrected chi connectivity index (χ2v) is 11.3. The molecule has 1 aliphatic heterocycles. The first-order valence-corrected chi connectivity index (χ1v) is 13.2. The number of nitrogens with one attached hydrogen (secondary N) is 1. The van der Waals surface area contributed by atoms with Gasteiger partial charge in [0.25, 0.3) is 5.91 Å². The Hall–Kier alpha value is -2.96. The lowest BCUT2D eigenvalue weighted by atomic mass is 10.1. The highest BCUT2D eigenvalue weighted by Gasteiger charge is 2.35. The lowest BCUT2D eigenvalue weighted by molar-refractivity contribution is 0.0943. The maximum Gasteiger partial charge on any atom is 0.274 e. The predicted molar refractivity (Wildman–Crippen MR) is 121 cm³/mol. The molecular formula is C21H21FN4O5S2. The van der Waals surface area contributed by atoms with Gasteiger partial charge < -0.3 is 10.4 Å². The van der Waals surface area contributed by atoms with Gasteiger partial charge in [0.2, 0.25) is 10.0 Å². The van der Waals surface area contributed by atoms with Crippen LogP contribution in [-0.4, -0.2) is 63.0 Å². The van der Waals surface area contributed by atoms with Crippen molar-refractivity contribution in [3.05, 3.63) is 65.4 Å². The number of fused-ring (bicyclic) bond motifs is 1. The Labute approximate surface area is 192 Å². The standard InChI is InChI=1S/C21H21FN4O5S2/c1-33(30,31)26-9-10-32(29)16(12-26)17-15-3-2-8-23-18(15)20(27)19(25-17)21(28)24-11-13-4-6-14(22)7-5-13/h2-8,16,27H,9-12H2,1H3,(H,24,28). The molecule has 0 aliphatic carbocycles. The average molecular weight is 493 g/mol. The first-order valence-electron chi connectivity index (χ1n) is 9.97. The van der Waals surface area contributed by atoms with Gasteiger partial charge in [0.05, 0.1) is 17.2 Å². The van der Waals surface area contributed by atoms with Crippen LogP contribution in [-0.2, 0) is 27.4 Å². The molecule has 4 rings (SSSR count). The summed E-state index contributed by atoms with van der Waals surface area (Å²) < 4.78 is 51.3. The van der Waals surface area contributed by atoms with Gasteiger partial charge in [-0.05, 0) is 29.8 Å². The van der Waals surface area contributed by atoms with E-state index in [0.29, 0.717) is 10.9 Å². The smallest absolute Gasteiger partial charge is 0.274 e. The Bertz CT molecular complexity index is 1350. The average Bonchev–Trinajstić information content (AvgIpc) is 2.79. The van der Waals surface area contributed by atoms with Crippen LogP contribution in [0.4, 0.5) is 4.39 Å². The molecule has 3 heterocycles. The number of hydrogen-bond donors (Lipinski definition) is 2. The number of pyridine rings is 2. The van der Waals surface area contributed by atoms with E-state index in [4.69, 9.17) is 0 Å². The van der Waals surface area contributed by atoms with E-state index in [1.807, 2.05) is 0 Å². The van der Waals surface area contributed by atoms with Gasteiger partial charge in [0.1, 0.15) is 11.3 Å². The molecular weight excluding hydrogens is 471 g/mol. The van der Waals surface area contributed by atoms with Crippen LogP contribution in [0.5, 0.6) is 5.75 Å². The lowest BCUT2D eigenvalue weighted by Gasteiger charge is -2.30. The SMILES string of the molecule is CS(=O)(=O)N1CCS(=O)C(c2nc(C(=O)NCc3ccc(F)cc3)c(O)c3ncccc23)C1. The van der Waals surface area contributed by atoms with E-state index >= 15 is 0 Å². The summed E-state index contributed by atoms with van der Waals surface area (Å²) in [6.45, 7) is 0.123. The summed E-state index contributed by atoms with van der Waals surface area (Å²) in [4.78, 5) is 21.4. The summed E-state index contributed by atoms with van der Waals surface area (Å²) in [5.41, 5.74) is 0.657. The molecule has 2 aromatic heterocycles.